The second-order valence-corrected chi connectivity index (χ2v) is 10.6. The Bertz CT molecular complexity index is 1590. The Balaban J connectivity index is 1.84. The number of ether oxygens (including phenoxy) is 2. The van der Waals surface area contributed by atoms with Gasteiger partial charge in [0.25, 0.3) is 0 Å². The molecule has 10 atom stereocenters. The normalized spacial score (nSPS) is 32.6. The van der Waals surface area contributed by atoms with Crippen LogP contribution in [0.3, 0.4) is 0 Å². The summed E-state index contributed by atoms with van der Waals surface area (Å²) in [5.74, 6) is -5.13. The summed E-state index contributed by atoms with van der Waals surface area (Å²) in [5.41, 5.74) is -3.46. The highest BCUT2D eigenvalue weighted by Gasteiger charge is 2.50. The molecular formula is C27H30O17. The first kappa shape index (κ1) is 31.7. The van der Waals surface area contributed by atoms with Gasteiger partial charge in [-0.1, -0.05) is 0 Å². The van der Waals surface area contributed by atoms with Gasteiger partial charge in [-0.25, -0.2) is 0 Å². The molecule has 2 aromatic carbocycles. The molecule has 5 rings (SSSR count). The second-order valence-electron chi connectivity index (χ2n) is 10.6. The van der Waals surface area contributed by atoms with Gasteiger partial charge in [-0.2, -0.15) is 0 Å². The van der Waals surface area contributed by atoms with Crippen LogP contribution in [-0.2, 0) is 9.47 Å². The van der Waals surface area contributed by atoms with Gasteiger partial charge in [-0.3, -0.25) is 4.79 Å². The lowest BCUT2D eigenvalue weighted by Crippen LogP contribution is -2.55. The molecule has 0 saturated carbocycles. The van der Waals surface area contributed by atoms with Crippen LogP contribution in [0, 0.1) is 0 Å². The van der Waals surface area contributed by atoms with E-state index in [1.807, 2.05) is 0 Å². The zero-order chi connectivity index (χ0) is 32.4. The fourth-order valence-corrected chi connectivity index (χ4v) is 5.51. The molecule has 0 unspecified atom stereocenters. The number of phenols is 5. The van der Waals surface area contributed by atoms with Crippen LogP contribution in [0.15, 0.2) is 27.4 Å². The van der Waals surface area contributed by atoms with E-state index >= 15 is 0 Å². The highest BCUT2D eigenvalue weighted by molar-refractivity contribution is 5.92. The third-order valence-electron chi connectivity index (χ3n) is 7.90. The van der Waals surface area contributed by atoms with Crippen LogP contribution in [0.4, 0.5) is 0 Å². The van der Waals surface area contributed by atoms with E-state index in [1.54, 1.807) is 0 Å². The standard InChI is InChI=1S/C27H30O17/c28-4-11-17(34)21(38)23(40)26(43-11)14-19(36)13-7(30)3-10(6-1-8(31)16(33)9(32)2-6)42-25(13)15(20(14)37)27-24(41)22(39)18(35)12(5-29)44-27/h1-3,11-12,17-18,21-24,26-29,31-41H,4-5H2/t11-,12+,17+,18+,21-,22-,23-,24+,26-,27-/m0/s1. The number of fused-ring (bicyclic) bond motifs is 1. The monoisotopic (exact) mass is 626 g/mol. The molecule has 0 spiro atoms. The molecule has 2 saturated heterocycles. The predicted molar refractivity (Wildman–Crippen MR) is 142 cm³/mol. The van der Waals surface area contributed by atoms with Crippen LogP contribution < -0.4 is 5.43 Å². The van der Waals surface area contributed by atoms with E-state index in [1.165, 1.54) is 0 Å². The van der Waals surface area contributed by atoms with Crippen molar-refractivity contribution in [1.82, 2.24) is 0 Å². The number of aromatic hydroxyl groups is 5. The van der Waals surface area contributed by atoms with E-state index < -0.39 is 136 Å². The average molecular weight is 627 g/mol. The average Bonchev–Trinajstić information content (AvgIpc) is 2.99. The molecule has 17 nitrogen and oxygen atoms in total. The van der Waals surface area contributed by atoms with Gasteiger partial charge in [0.15, 0.2) is 28.3 Å². The maximum absolute atomic E-state index is 13.5. The van der Waals surface area contributed by atoms with Crippen molar-refractivity contribution in [3.63, 3.8) is 0 Å². The Morgan fingerprint density at radius 2 is 1.07 bits per heavy atom. The van der Waals surface area contributed by atoms with E-state index in [0.29, 0.717) is 0 Å². The Hall–Kier alpha value is -3.75. The summed E-state index contributed by atoms with van der Waals surface area (Å²) < 4.78 is 16.8. The lowest BCUT2D eigenvalue weighted by atomic mass is 9.85. The summed E-state index contributed by atoms with van der Waals surface area (Å²) in [6.45, 7) is -1.80. The van der Waals surface area contributed by atoms with Crippen molar-refractivity contribution in [2.75, 3.05) is 13.2 Å². The molecule has 0 aliphatic carbocycles. The summed E-state index contributed by atoms with van der Waals surface area (Å²) in [7, 11) is 0. The van der Waals surface area contributed by atoms with E-state index in [2.05, 4.69) is 0 Å². The molecule has 44 heavy (non-hydrogen) atoms. The zero-order valence-electron chi connectivity index (χ0n) is 22.4. The fraction of sp³-hybridized carbons (Fsp3) is 0.444. The smallest absolute Gasteiger partial charge is 0.200 e. The number of hydrogen-bond donors (Lipinski definition) is 13. The summed E-state index contributed by atoms with van der Waals surface area (Å²) in [4.78, 5) is 13.5. The summed E-state index contributed by atoms with van der Waals surface area (Å²) in [6.07, 6.45) is -18.8. The summed E-state index contributed by atoms with van der Waals surface area (Å²) in [6, 6.07) is 2.57. The van der Waals surface area contributed by atoms with E-state index in [4.69, 9.17) is 13.9 Å². The molecule has 2 aliphatic heterocycles. The Morgan fingerprint density at radius 3 is 1.55 bits per heavy atom. The molecule has 2 fully saturated rings. The minimum Gasteiger partial charge on any atom is -0.507 e. The van der Waals surface area contributed by atoms with Crippen molar-refractivity contribution in [2.45, 2.75) is 61.0 Å². The number of aliphatic hydroxyl groups excluding tert-OH is 8. The highest BCUT2D eigenvalue weighted by atomic mass is 16.6. The van der Waals surface area contributed by atoms with Crippen molar-refractivity contribution >= 4 is 11.0 Å². The third-order valence-corrected chi connectivity index (χ3v) is 7.90. The van der Waals surface area contributed by atoms with Gasteiger partial charge >= 0.3 is 0 Å². The number of phenolic OH excluding ortho intramolecular Hbond substituents is 5. The topological polar surface area (TPSA) is 312 Å². The van der Waals surface area contributed by atoms with Gasteiger partial charge in [0, 0.05) is 11.6 Å². The molecule has 17 heteroatoms. The molecule has 240 valence electrons. The first-order valence-electron chi connectivity index (χ1n) is 13.1. The minimum absolute atomic E-state index is 0.200. The SMILES string of the molecule is O=c1cc(-c2cc(O)c(O)c(O)c2)oc2c([C@@H]3O[C@H](CO)[C@@H](O)[C@H](O)[C@H]3O)c(O)c([C@@H]3O[C@@H](CO)[C@@H](O)[C@H](O)[C@@H]3O)c(O)c12. The molecule has 1 aromatic heterocycles. The number of rotatable bonds is 5. The van der Waals surface area contributed by atoms with Crippen molar-refractivity contribution < 1.29 is 80.3 Å². The van der Waals surface area contributed by atoms with Crippen molar-refractivity contribution in [1.29, 1.82) is 0 Å². The molecule has 0 bridgehead atoms. The molecular weight excluding hydrogens is 596 g/mol. The van der Waals surface area contributed by atoms with Crippen molar-refractivity contribution in [2.24, 2.45) is 0 Å². The fourth-order valence-electron chi connectivity index (χ4n) is 5.51. The molecule has 3 heterocycles. The van der Waals surface area contributed by atoms with Crippen molar-refractivity contribution in [3.05, 3.63) is 39.5 Å². The van der Waals surface area contributed by atoms with Gasteiger partial charge in [0.05, 0.1) is 24.3 Å². The molecule has 3 aromatic rings. The van der Waals surface area contributed by atoms with Crippen LogP contribution >= 0.6 is 0 Å². The van der Waals surface area contributed by atoms with Gasteiger partial charge < -0.3 is 80.3 Å². The Morgan fingerprint density at radius 1 is 0.591 bits per heavy atom. The first-order chi connectivity index (χ1) is 20.7. The second kappa shape index (κ2) is 11.6. The van der Waals surface area contributed by atoms with Gasteiger partial charge in [0.2, 0.25) is 0 Å². The lowest BCUT2D eigenvalue weighted by molar-refractivity contribution is -0.234. The highest BCUT2D eigenvalue weighted by Crippen LogP contribution is 2.51. The van der Waals surface area contributed by atoms with Crippen molar-refractivity contribution in [3.8, 4) is 40.1 Å². The molecule has 0 radical (unpaired) electrons. The van der Waals surface area contributed by atoms with Crippen LogP contribution in [0.25, 0.3) is 22.3 Å². The maximum atomic E-state index is 13.5. The van der Waals surface area contributed by atoms with Crippen LogP contribution in [0.2, 0.25) is 0 Å². The van der Waals surface area contributed by atoms with E-state index in [0.717, 1.165) is 18.2 Å². The van der Waals surface area contributed by atoms with Gasteiger partial charge in [0.1, 0.15) is 83.7 Å². The number of aliphatic hydroxyl groups is 8. The maximum Gasteiger partial charge on any atom is 0.200 e. The van der Waals surface area contributed by atoms with Crippen LogP contribution in [0.1, 0.15) is 23.3 Å². The Kier molecular flexibility index (Phi) is 8.37. The van der Waals surface area contributed by atoms with Gasteiger partial charge in [-0.15, -0.1) is 0 Å². The Labute approximate surface area is 245 Å². The van der Waals surface area contributed by atoms with Crippen LogP contribution in [0.5, 0.6) is 28.7 Å². The largest absolute Gasteiger partial charge is 0.507 e. The van der Waals surface area contributed by atoms with Crippen LogP contribution in [-0.4, -0.2) is 128 Å². The first-order valence-corrected chi connectivity index (χ1v) is 13.1. The molecule has 0 amide bonds. The lowest BCUT2D eigenvalue weighted by Gasteiger charge is -2.42. The summed E-state index contributed by atoms with van der Waals surface area (Å²) >= 11 is 0. The van der Waals surface area contributed by atoms with Gasteiger partial charge in [-0.05, 0) is 12.1 Å². The predicted octanol–water partition coefficient (Wildman–Crippen LogP) is -2.98. The molecule has 2 aliphatic rings. The third kappa shape index (κ3) is 4.88. The molecule has 13 N–H and O–H groups in total. The number of hydrogen-bond acceptors (Lipinski definition) is 17. The van der Waals surface area contributed by atoms with E-state index in [9.17, 15) is 71.2 Å². The van der Waals surface area contributed by atoms with E-state index in [-0.39, 0.29) is 5.56 Å². The number of benzene rings is 2. The quantitative estimate of drug-likeness (QED) is 0.126. The minimum atomic E-state index is -2.09. The zero-order valence-corrected chi connectivity index (χ0v) is 22.4. The summed E-state index contributed by atoms with van der Waals surface area (Å²) in [5, 5.41) is 134.